The fraction of sp³-hybridized carbons (Fsp3) is 0.391. The van der Waals surface area contributed by atoms with Gasteiger partial charge in [0.05, 0.1) is 5.56 Å². The van der Waals surface area contributed by atoms with Gasteiger partial charge in [0.1, 0.15) is 5.82 Å². The van der Waals surface area contributed by atoms with Crippen LogP contribution in [0, 0.1) is 0 Å². The molecular formula is C23H26N6O. The Bertz CT molecular complexity index is 1030. The Labute approximate surface area is 176 Å². The number of fused-ring (bicyclic) bond motifs is 1. The number of pyridine rings is 1. The lowest BCUT2D eigenvalue weighted by atomic mass is 10.0. The number of piperidine rings is 1. The number of hydrogen-bond acceptors (Lipinski definition) is 6. The van der Waals surface area contributed by atoms with Crippen molar-refractivity contribution >= 4 is 28.4 Å². The van der Waals surface area contributed by atoms with E-state index in [1.165, 1.54) is 19.3 Å². The molecule has 30 heavy (non-hydrogen) atoms. The molecule has 154 valence electrons. The summed E-state index contributed by atoms with van der Waals surface area (Å²) in [4.78, 5) is 33.2. The maximum Gasteiger partial charge on any atom is 0.256 e. The molecule has 7 heteroatoms. The third-order valence-electron chi connectivity index (χ3n) is 6.06. The largest absolute Gasteiger partial charge is 0.356 e. The minimum atomic E-state index is 0.0533. The number of hydrogen-bond donors (Lipinski definition) is 0. The third kappa shape index (κ3) is 3.56. The zero-order valence-corrected chi connectivity index (χ0v) is 17.1. The van der Waals surface area contributed by atoms with Crippen LogP contribution in [0.1, 0.15) is 29.6 Å². The molecule has 2 fully saturated rings. The van der Waals surface area contributed by atoms with Gasteiger partial charge in [-0.05, 0) is 30.7 Å². The first-order valence-corrected chi connectivity index (χ1v) is 10.8. The maximum absolute atomic E-state index is 13.4. The summed E-state index contributed by atoms with van der Waals surface area (Å²) in [6, 6.07) is 9.99. The van der Waals surface area contributed by atoms with E-state index in [2.05, 4.69) is 25.8 Å². The van der Waals surface area contributed by atoms with E-state index in [0.717, 1.165) is 48.7 Å². The van der Waals surface area contributed by atoms with E-state index in [1.54, 1.807) is 18.6 Å². The molecule has 3 aromatic rings. The van der Waals surface area contributed by atoms with Crippen molar-refractivity contribution in [3.05, 3.63) is 54.5 Å². The second-order valence-corrected chi connectivity index (χ2v) is 7.92. The molecule has 2 aliphatic rings. The number of aromatic nitrogens is 3. The zero-order valence-electron chi connectivity index (χ0n) is 17.1. The molecule has 0 N–H and O–H groups in total. The number of carbonyl (C=O) groups excluding carboxylic acids is 1. The molecule has 1 amide bonds. The number of anilines is 2. The van der Waals surface area contributed by atoms with Crippen LogP contribution in [0.15, 0.2) is 48.9 Å². The van der Waals surface area contributed by atoms with Crippen LogP contribution in [0.2, 0.25) is 0 Å². The van der Waals surface area contributed by atoms with E-state index >= 15 is 0 Å². The predicted molar refractivity (Wildman–Crippen MR) is 118 cm³/mol. The number of carbonyl (C=O) groups is 1. The van der Waals surface area contributed by atoms with Crippen molar-refractivity contribution in [3.63, 3.8) is 0 Å². The fourth-order valence-corrected chi connectivity index (χ4v) is 4.44. The van der Waals surface area contributed by atoms with Gasteiger partial charge < -0.3 is 14.7 Å². The summed E-state index contributed by atoms with van der Waals surface area (Å²) < 4.78 is 0. The number of nitrogens with zero attached hydrogens (tertiary/aromatic N) is 6. The highest BCUT2D eigenvalue weighted by atomic mass is 16.2. The van der Waals surface area contributed by atoms with Crippen LogP contribution in [0.4, 0.5) is 11.8 Å². The first-order valence-electron chi connectivity index (χ1n) is 10.8. The minimum Gasteiger partial charge on any atom is -0.356 e. The van der Waals surface area contributed by atoms with Gasteiger partial charge >= 0.3 is 0 Å². The van der Waals surface area contributed by atoms with Crippen LogP contribution in [0.5, 0.6) is 0 Å². The quantitative estimate of drug-likeness (QED) is 0.671. The molecule has 2 aliphatic heterocycles. The SMILES string of the molecule is O=C(c1cnc(N2CCCCC2)c2ccccc12)N1CCN(c2ncccn2)CC1. The van der Waals surface area contributed by atoms with Crippen molar-refractivity contribution in [3.8, 4) is 0 Å². The Hall–Kier alpha value is -3.22. The molecule has 0 unspecified atom stereocenters. The lowest BCUT2D eigenvalue weighted by molar-refractivity contribution is 0.0748. The lowest BCUT2D eigenvalue weighted by Crippen LogP contribution is -2.49. The molecule has 7 nitrogen and oxygen atoms in total. The van der Waals surface area contributed by atoms with Gasteiger partial charge in [0.25, 0.3) is 5.91 Å². The van der Waals surface area contributed by atoms with Crippen LogP contribution in [0.3, 0.4) is 0 Å². The Kier molecular flexibility index (Phi) is 5.17. The standard InChI is InChI=1S/C23H26N6O/c30-22(28-13-15-29(16-14-28)23-24-9-6-10-25-23)20-17-26-21(27-11-4-1-5-12-27)19-8-3-2-7-18(19)20/h2-3,6-10,17H,1,4-5,11-16H2. The summed E-state index contributed by atoms with van der Waals surface area (Å²) in [6.07, 6.45) is 8.97. The van der Waals surface area contributed by atoms with Crippen molar-refractivity contribution in [1.82, 2.24) is 19.9 Å². The van der Waals surface area contributed by atoms with Crippen molar-refractivity contribution in [1.29, 1.82) is 0 Å². The molecule has 2 saturated heterocycles. The van der Waals surface area contributed by atoms with Crippen molar-refractivity contribution in [2.75, 3.05) is 49.1 Å². The van der Waals surface area contributed by atoms with Gasteiger partial charge in [-0.3, -0.25) is 4.79 Å². The summed E-state index contributed by atoms with van der Waals surface area (Å²) in [6.45, 7) is 4.83. The van der Waals surface area contributed by atoms with Gasteiger partial charge in [0.15, 0.2) is 0 Å². The smallest absolute Gasteiger partial charge is 0.256 e. The first kappa shape index (κ1) is 18.8. The average molecular weight is 403 g/mol. The number of benzene rings is 1. The van der Waals surface area contributed by atoms with Gasteiger partial charge in [-0.25, -0.2) is 15.0 Å². The monoisotopic (exact) mass is 402 g/mol. The molecule has 0 saturated carbocycles. The van der Waals surface area contributed by atoms with Crippen LogP contribution >= 0.6 is 0 Å². The summed E-state index contributed by atoms with van der Waals surface area (Å²) in [7, 11) is 0. The predicted octanol–water partition coefficient (Wildman–Crippen LogP) is 2.98. The topological polar surface area (TPSA) is 65.5 Å². The summed E-state index contributed by atoms with van der Waals surface area (Å²) in [5.41, 5.74) is 0.691. The highest BCUT2D eigenvalue weighted by Crippen LogP contribution is 2.30. The van der Waals surface area contributed by atoms with E-state index in [-0.39, 0.29) is 5.91 Å². The molecule has 0 spiro atoms. The molecular weight excluding hydrogens is 376 g/mol. The molecule has 4 heterocycles. The number of rotatable bonds is 3. The van der Waals surface area contributed by atoms with E-state index in [4.69, 9.17) is 4.98 Å². The van der Waals surface area contributed by atoms with Gasteiger partial charge in [0.2, 0.25) is 5.95 Å². The van der Waals surface area contributed by atoms with Gasteiger partial charge in [0, 0.05) is 63.2 Å². The van der Waals surface area contributed by atoms with Crippen LogP contribution in [-0.2, 0) is 0 Å². The van der Waals surface area contributed by atoms with E-state index < -0.39 is 0 Å². The number of amides is 1. The molecule has 0 atom stereocenters. The van der Waals surface area contributed by atoms with Crippen molar-refractivity contribution in [2.45, 2.75) is 19.3 Å². The molecule has 1 aromatic carbocycles. The fourth-order valence-electron chi connectivity index (χ4n) is 4.44. The molecule has 0 bridgehead atoms. The van der Waals surface area contributed by atoms with Crippen molar-refractivity contribution < 1.29 is 4.79 Å². The van der Waals surface area contributed by atoms with Gasteiger partial charge in [-0.15, -0.1) is 0 Å². The van der Waals surface area contributed by atoms with Crippen molar-refractivity contribution in [2.24, 2.45) is 0 Å². The average Bonchev–Trinajstić information content (AvgIpc) is 2.84. The minimum absolute atomic E-state index is 0.0533. The maximum atomic E-state index is 13.4. The second kappa shape index (κ2) is 8.26. The van der Waals surface area contributed by atoms with Gasteiger partial charge in [-0.2, -0.15) is 0 Å². The summed E-state index contributed by atoms with van der Waals surface area (Å²) >= 11 is 0. The second-order valence-electron chi connectivity index (χ2n) is 7.92. The molecule has 5 rings (SSSR count). The van der Waals surface area contributed by atoms with Crippen LogP contribution in [-0.4, -0.2) is 65.0 Å². The Morgan fingerprint density at radius 1 is 0.733 bits per heavy atom. The lowest BCUT2D eigenvalue weighted by Gasteiger charge is -2.35. The Morgan fingerprint density at radius 2 is 1.43 bits per heavy atom. The molecule has 0 radical (unpaired) electrons. The van der Waals surface area contributed by atoms with E-state index in [9.17, 15) is 4.79 Å². The Balaban J connectivity index is 1.38. The highest BCUT2D eigenvalue weighted by molar-refractivity contribution is 6.09. The summed E-state index contributed by atoms with van der Waals surface area (Å²) in [5.74, 6) is 1.79. The Morgan fingerprint density at radius 3 is 2.17 bits per heavy atom. The van der Waals surface area contributed by atoms with Crippen LogP contribution < -0.4 is 9.80 Å². The third-order valence-corrected chi connectivity index (χ3v) is 6.06. The molecule has 0 aliphatic carbocycles. The number of piperazine rings is 1. The zero-order chi connectivity index (χ0) is 20.3. The van der Waals surface area contributed by atoms with Gasteiger partial charge in [-0.1, -0.05) is 24.3 Å². The highest BCUT2D eigenvalue weighted by Gasteiger charge is 2.26. The van der Waals surface area contributed by atoms with Crippen LogP contribution in [0.25, 0.3) is 10.8 Å². The van der Waals surface area contributed by atoms with E-state index in [1.807, 2.05) is 29.2 Å². The normalized spacial score (nSPS) is 17.4. The summed E-state index contributed by atoms with van der Waals surface area (Å²) in [5, 5.41) is 2.06. The molecule has 2 aromatic heterocycles. The first-order chi connectivity index (χ1) is 14.8. The van der Waals surface area contributed by atoms with E-state index in [0.29, 0.717) is 18.7 Å².